The number of hydrogen-bond acceptors (Lipinski definition) is 4. The van der Waals surface area contributed by atoms with Crippen LogP contribution in [0, 0.1) is 13.8 Å². The number of carbonyl (C=O) groups is 1. The Morgan fingerprint density at radius 1 is 1.04 bits per heavy atom. The molecular weight excluding hydrogens is 368 g/mol. The van der Waals surface area contributed by atoms with Gasteiger partial charge in [-0.2, -0.15) is 0 Å². The molecule has 0 radical (unpaired) electrons. The van der Waals surface area contributed by atoms with E-state index in [-0.39, 0.29) is 5.91 Å². The average molecular weight is 393 g/mol. The molecule has 0 atom stereocenters. The molecule has 5 heteroatoms. The van der Waals surface area contributed by atoms with Crippen LogP contribution in [-0.4, -0.2) is 32.2 Å². The average Bonchev–Trinajstić information content (AvgIpc) is 3.18. The number of amides is 1. The van der Waals surface area contributed by atoms with Crippen LogP contribution in [-0.2, 0) is 4.74 Å². The molecule has 2 heterocycles. The van der Waals surface area contributed by atoms with Crippen molar-refractivity contribution in [1.82, 2.24) is 0 Å². The molecule has 1 aromatic heterocycles. The smallest absolute Gasteiger partial charge is 0.265 e. The fourth-order valence-electron chi connectivity index (χ4n) is 3.39. The predicted octanol–water partition coefficient (Wildman–Crippen LogP) is 5.12. The predicted molar refractivity (Wildman–Crippen MR) is 117 cm³/mol. The van der Waals surface area contributed by atoms with Crippen molar-refractivity contribution in [3.05, 3.63) is 70.6 Å². The maximum atomic E-state index is 13.0. The van der Waals surface area contributed by atoms with E-state index in [0.717, 1.165) is 58.6 Å². The Morgan fingerprint density at radius 3 is 2.54 bits per heavy atom. The van der Waals surface area contributed by atoms with Crippen LogP contribution in [0.15, 0.2) is 54.6 Å². The second kappa shape index (κ2) is 8.17. The molecule has 0 bridgehead atoms. The van der Waals surface area contributed by atoms with E-state index in [1.165, 1.54) is 5.56 Å². The summed E-state index contributed by atoms with van der Waals surface area (Å²) < 4.78 is 5.51. The molecule has 144 valence electrons. The highest BCUT2D eigenvalue weighted by molar-refractivity contribution is 7.18. The van der Waals surface area contributed by atoms with Crippen LogP contribution >= 0.6 is 11.3 Å². The van der Waals surface area contributed by atoms with Crippen molar-refractivity contribution in [1.29, 1.82) is 0 Å². The van der Waals surface area contributed by atoms with Crippen molar-refractivity contribution < 1.29 is 9.53 Å². The number of morpholine rings is 1. The first-order valence-electron chi connectivity index (χ1n) is 9.53. The van der Waals surface area contributed by atoms with E-state index >= 15 is 0 Å². The van der Waals surface area contributed by atoms with Gasteiger partial charge in [0.15, 0.2) is 0 Å². The Kier molecular flexibility index (Phi) is 5.46. The molecular formula is C23H24N2O2S. The highest BCUT2D eigenvalue weighted by Gasteiger charge is 2.22. The van der Waals surface area contributed by atoms with Crippen LogP contribution in [0.4, 0.5) is 10.7 Å². The van der Waals surface area contributed by atoms with Gasteiger partial charge in [0.25, 0.3) is 5.91 Å². The number of thiophene rings is 1. The summed E-state index contributed by atoms with van der Waals surface area (Å²) in [7, 11) is 0. The minimum absolute atomic E-state index is 0.0598. The number of nitrogens with one attached hydrogen (secondary N) is 1. The lowest BCUT2D eigenvalue weighted by Crippen LogP contribution is -2.35. The zero-order chi connectivity index (χ0) is 19.5. The van der Waals surface area contributed by atoms with E-state index in [0.29, 0.717) is 0 Å². The Labute approximate surface area is 169 Å². The summed E-state index contributed by atoms with van der Waals surface area (Å²) >= 11 is 1.56. The van der Waals surface area contributed by atoms with E-state index in [1.54, 1.807) is 11.3 Å². The summed E-state index contributed by atoms with van der Waals surface area (Å²) in [6, 6.07) is 18.3. The molecule has 1 aliphatic heterocycles. The highest BCUT2D eigenvalue weighted by Crippen LogP contribution is 2.39. The summed E-state index contributed by atoms with van der Waals surface area (Å²) in [5, 5.41) is 4.23. The van der Waals surface area contributed by atoms with Gasteiger partial charge in [-0.25, -0.2) is 0 Å². The summed E-state index contributed by atoms with van der Waals surface area (Å²) in [6.07, 6.45) is 0. The van der Waals surface area contributed by atoms with Crippen LogP contribution in [0.1, 0.15) is 20.8 Å². The SMILES string of the molecule is Cc1cccc(NC(=O)c2cc(-c3ccccc3)c(N3CCOCC3)s2)c1C. The minimum atomic E-state index is -0.0598. The van der Waals surface area contributed by atoms with Crippen LogP contribution < -0.4 is 10.2 Å². The molecule has 3 aromatic rings. The Balaban J connectivity index is 1.68. The monoisotopic (exact) mass is 392 g/mol. The number of benzene rings is 2. The number of nitrogens with zero attached hydrogens (tertiary/aromatic N) is 1. The van der Waals surface area contributed by atoms with Gasteiger partial charge < -0.3 is 15.0 Å². The van der Waals surface area contributed by atoms with Gasteiger partial charge >= 0.3 is 0 Å². The molecule has 2 aromatic carbocycles. The Hall–Kier alpha value is -2.63. The zero-order valence-electron chi connectivity index (χ0n) is 16.2. The molecule has 0 unspecified atom stereocenters. The quantitative estimate of drug-likeness (QED) is 0.670. The fourth-order valence-corrected chi connectivity index (χ4v) is 4.52. The first-order chi connectivity index (χ1) is 13.6. The molecule has 1 amide bonds. The third-order valence-electron chi connectivity index (χ3n) is 5.17. The van der Waals surface area contributed by atoms with Crippen molar-refractivity contribution in [3.63, 3.8) is 0 Å². The van der Waals surface area contributed by atoms with E-state index in [9.17, 15) is 4.79 Å². The van der Waals surface area contributed by atoms with E-state index in [4.69, 9.17) is 4.74 Å². The van der Waals surface area contributed by atoms with E-state index < -0.39 is 0 Å². The first-order valence-corrected chi connectivity index (χ1v) is 10.3. The normalized spacial score (nSPS) is 14.1. The second-order valence-electron chi connectivity index (χ2n) is 7.00. The molecule has 4 rings (SSSR count). The minimum Gasteiger partial charge on any atom is -0.378 e. The third kappa shape index (κ3) is 3.81. The number of carbonyl (C=O) groups excluding carboxylic acids is 1. The van der Waals surface area contributed by atoms with Crippen molar-refractivity contribution in [2.75, 3.05) is 36.5 Å². The van der Waals surface area contributed by atoms with Crippen LogP contribution in [0.2, 0.25) is 0 Å². The van der Waals surface area contributed by atoms with Crippen molar-refractivity contribution in [3.8, 4) is 11.1 Å². The molecule has 0 saturated carbocycles. The maximum Gasteiger partial charge on any atom is 0.265 e. The van der Waals surface area contributed by atoms with Crippen molar-refractivity contribution in [2.24, 2.45) is 0 Å². The summed E-state index contributed by atoms with van der Waals surface area (Å²) in [4.78, 5) is 16.1. The number of aryl methyl sites for hydroxylation is 1. The van der Waals surface area contributed by atoms with Gasteiger partial charge in [0, 0.05) is 24.3 Å². The lowest BCUT2D eigenvalue weighted by Gasteiger charge is -2.28. The van der Waals surface area contributed by atoms with Gasteiger partial charge in [0.1, 0.15) is 0 Å². The number of rotatable bonds is 4. The Bertz CT molecular complexity index is 976. The van der Waals surface area contributed by atoms with Crippen LogP contribution in [0.25, 0.3) is 11.1 Å². The van der Waals surface area contributed by atoms with Gasteiger partial charge in [-0.05, 0) is 42.7 Å². The molecule has 28 heavy (non-hydrogen) atoms. The highest BCUT2D eigenvalue weighted by atomic mass is 32.1. The van der Waals surface area contributed by atoms with E-state index in [1.807, 2.05) is 43.3 Å². The summed E-state index contributed by atoms with van der Waals surface area (Å²) in [5.74, 6) is -0.0598. The van der Waals surface area contributed by atoms with E-state index in [2.05, 4.69) is 35.3 Å². The topological polar surface area (TPSA) is 41.6 Å². The lowest BCUT2D eigenvalue weighted by atomic mass is 10.1. The van der Waals surface area contributed by atoms with Crippen molar-refractivity contribution >= 4 is 27.9 Å². The summed E-state index contributed by atoms with van der Waals surface area (Å²) in [5.41, 5.74) is 5.38. The number of anilines is 2. The van der Waals surface area contributed by atoms with Gasteiger partial charge in [-0.15, -0.1) is 11.3 Å². The number of ether oxygens (including phenoxy) is 1. The van der Waals surface area contributed by atoms with Gasteiger partial charge in [0.05, 0.1) is 23.1 Å². The largest absolute Gasteiger partial charge is 0.378 e. The molecule has 1 aliphatic rings. The molecule has 0 aliphatic carbocycles. The zero-order valence-corrected chi connectivity index (χ0v) is 17.0. The van der Waals surface area contributed by atoms with Crippen molar-refractivity contribution in [2.45, 2.75) is 13.8 Å². The molecule has 1 fully saturated rings. The molecule has 0 spiro atoms. The Morgan fingerprint density at radius 2 is 1.79 bits per heavy atom. The van der Waals surface area contributed by atoms with Gasteiger partial charge in [-0.3, -0.25) is 4.79 Å². The standard InChI is InChI=1S/C23H24N2O2S/c1-16-7-6-10-20(17(16)2)24-22(26)21-15-19(18-8-4-3-5-9-18)23(28-21)25-11-13-27-14-12-25/h3-10,15H,11-14H2,1-2H3,(H,24,26). The second-order valence-corrected chi connectivity index (χ2v) is 8.03. The molecule has 1 N–H and O–H groups in total. The molecule has 4 nitrogen and oxygen atoms in total. The van der Waals surface area contributed by atoms with Gasteiger partial charge in [-0.1, -0.05) is 42.5 Å². The van der Waals surface area contributed by atoms with Gasteiger partial charge in [0.2, 0.25) is 0 Å². The number of hydrogen-bond donors (Lipinski definition) is 1. The lowest BCUT2D eigenvalue weighted by molar-refractivity contribution is 0.103. The van der Waals surface area contributed by atoms with Crippen LogP contribution in [0.3, 0.4) is 0 Å². The first kappa shape index (κ1) is 18.7. The maximum absolute atomic E-state index is 13.0. The summed E-state index contributed by atoms with van der Waals surface area (Å²) in [6.45, 7) is 7.22. The molecule has 1 saturated heterocycles. The fraction of sp³-hybridized carbons (Fsp3) is 0.261. The van der Waals surface area contributed by atoms with Crippen LogP contribution in [0.5, 0.6) is 0 Å². The third-order valence-corrected chi connectivity index (χ3v) is 6.37.